The maximum Gasteiger partial charge on any atom is 0.217 e. The Kier molecular flexibility index (Phi) is 18.2. The molecule has 0 saturated carbocycles. The summed E-state index contributed by atoms with van der Waals surface area (Å²) >= 11 is 0. The molecule has 3 unspecified atom stereocenters. The number of hydrogen-bond donors (Lipinski definition) is 5. The number of hydrogen-bond acceptors (Lipinski definition) is 8. The molecule has 214 valence electrons. The van der Waals surface area contributed by atoms with Gasteiger partial charge < -0.3 is 35.2 Å². The van der Waals surface area contributed by atoms with Crippen LogP contribution >= 0.6 is 0 Å². The lowest BCUT2D eigenvalue weighted by atomic mass is 9.97. The molecule has 1 fully saturated rings. The van der Waals surface area contributed by atoms with E-state index >= 15 is 0 Å². The maximum absolute atomic E-state index is 11.5. The number of carbonyl (C=O) groups is 1. The highest BCUT2D eigenvalue weighted by Gasteiger charge is 2.45. The van der Waals surface area contributed by atoms with Crippen molar-refractivity contribution in [2.24, 2.45) is 5.11 Å². The Hall–Kier alpha value is -1.72. The third-order valence-electron chi connectivity index (χ3n) is 6.58. The first kappa shape index (κ1) is 33.3. The van der Waals surface area contributed by atoms with E-state index in [1.807, 2.05) is 6.08 Å². The molecular formula is C26H48N4O7. The third-order valence-corrected chi connectivity index (χ3v) is 6.58. The molecule has 0 bridgehead atoms. The first-order valence-corrected chi connectivity index (χ1v) is 13.8. The summed E-state index contributed by atoms with van der Waals surface area (Å²) < 4.78 is 11.1. The van der Waals surface area contributed by atoms with Gasteiger partial charge in [-0.3, -0.25) is 4.79 Å². The lowest BCUT2D eigenvalue weighted by Gasteiger charge is -2.42. The number of rotatable bonds is 20. The van der Waals surface area contributed by atoms with E-state index in [1.165, 1.54) is 64.7 Å². The molecule has 7 atom stereocenters. The molecule has 0 radical (unpaired) electrons. The van der Waals surface area contributed by atoms with Crippen molar-refractivity contribution in [1.82, 2.24) is 5.32 Å². The highest BCUT2D eigenvalue weighted by molar-refractivity contribution is 5.73. The minimum atomic E-state index is -1.45. The summed E-state index contributed by atoms with van der Waals surface area (Å²) in [6, 6.07) is -2.09. The normalized spacial score (nSPS) is 25.5. The van der Waals surface area contributed by atoms with Crippen molar-refractivity contribution in [1.29, 1.82) is 0 Å². The quantitative estimate of drug-likeness (QED) is 0.0529. The maximum atomic E-state index is 11.5. The lowest BCUT2D eigenvalue weighted by molar-refractivity contribution is -0.271. The van der Waals surface area contributed by atoms with Crippen LogP contribution in [-0.2, 0) is 14.3 Å². The van der Waals surface area contributed by atoms with Crippen LogP contribution in [0.15, 0.2) is 17.3 Å². The lowest BCUT2D eigenvalue weighted by Crippen LogP contribution is -2.64. The van der Waals surface area contributed by atoms with Gasteiger partial charge in [0.1, 0.15) is 24.4 Å². The second-order valence-corrected chi connectivity index (χ2v) is 9.78. The van der Waals surface area contributed by atoms with E-state index in [9.17, 15) is 25.2 Å². The molecule has 0 aromatic heterocycles. The van der Waals surface area contributed by atoms with E-state index < -0.39 is 55.3 Å². The van der Waals surface area contributed by atoms with Gasteiger partial charge in [0.2, 0.25) is 5.91 Å². The Morgan fingerprint density at radius 3 is 2.22 bits per heavy atom. The van der Waals surface area contributed by atoms with E-state index in [2.05, 4.69) is 22.3 Å². The summed E-state index contributed by atoms with van der Waals surface area (Å²) in [6.07, 6.45) is 11.7. The van der Waals surface area contributed by atoms with Gasteiger partial charge in [-0.1, -0.05) is 88.4 Å². The van der Waals surface area contributed by atoms with Gasteiger partial charge >= 0.3 is 0 Å². The van der Waals surface area contributed by atoms with Gasteiger partial charge in [-0.15, -0.1) is 0 Å². The van der Waals surface area contributed by atoms with Gasteiger partial charge in [0.15, 0.2) is 6.29 Å². The molecule has 1 amide bonds. The van der Waals surface area contributed by atoms with Gasteiger partial charge in [-0.25, -0.2) is 0 Å². The minimum absolute atomic E-state index is 0.268. The van der Waals surface area contributed by atoms with E-state index in [0.717, 1.165) is 19.3 Å². The number of carbonyl (C=O) groups excluding carboxylic acids is 1. The second kappa shape index (κ2) is 20.3. The molecule has 1 aliphatic rings. The zero-order chi connectivity index (χ0) is 27.5. The van der Waals surface area contributed by atoms with E-state index in [4.69, 9.17) is 15.0 Å². The first-order valence-electron chi connectivity index (χ1n) is 13.8. The Morgan fingerprint density at radius 1 is 1.08 bits per heavy atom. The fraction of sp³-hybridized carbons (Fsp3) is 0.885. The van der Waals surface area contributed by atoms with Crippen LogP contribution in [0.25, 0.3) is 10.4 Å². The van der Waals surface area contributed by atoms with Crippen LogP contribution in [0.5, 0.6) is 0 Å². The molecule has 1 saturated heterocycles. The number of unbranched alkanes of at least 4 members (excludes halogenated alkanes) is 11. The molecule has 1 aliphatic heterocycles. The van der Waals surface area contributed by atoms with Gasteiger partial charge in [-0.2, -0.15) is 0 Å². The highest BCUT2D eigenvalue weighted by atomic mass is 16.7. The van der Waals surface area contributed by atoms with Gasteiger partial charge in [-0.05, 0) is 18.4 Å². The molecule has 1 heterocycles. The molecule has 11 nitrogen and oxygen atoms in total. The van der Waals surface area contributed by atoms with E-state index in [1.54, 1.807) is 6.08 Å². The number of amides is 1. The Labute approximate surface area is 220 Å². The van der Waals surface area contributed by atoms with Crippen LogP contribution in [0.4, 0.5) is 0 Å². The number of aliphatic hydroxyl groups is 4. The average molecular weight is 529 g/mol. The van der Waals surface area contributed by atoms with Crippen LogP contribution in [0.3, 0.4) is 0 Å². The summed E-state index contributed by atoms with van der Waals surface area (Å²) in [5, 5.41) is 46.4. The molecule has 0 aromatic carbocycles. The Bertz CT molecular complexity index is 690. The van der Waals surface area contributed by atoms with Crippen molar-refractivity contribution >= 4 is 5.91 Å². The monoisotopic (exact) mass is 528 g/mol. The molecular weight excluding hydrogens is 480 g/mol. The smallest absolute Gasteiger partial charge is 0.217 e. The van der Waals surface area contributed by atoms with Crippen LogP contribution in [0.2, 0.25) is 0 Å². The number of azide groups is 1. The summed E-state index contributed by atoms with van der Waals surface area (Å²) in [5.74, 6) is -0.479. The van der Waals surface area contributed by atoms with Crippen molar-refractivity contribution in [3.8, 4) is 0 Å². The fourth-order valence-corrected chi connectivity index (χ4v) is 4.36. The van der Waals surface area contributed by atoms with Crippen molar-refractivity contribution in [3.63, 3.8) is 0 Å². The largest absolute Gasteiger partial charge is 0.394 e. The highest BCUT2D eigenvalue weighted by Crippen LogP contribution is 2.23. The Morgan fingerprint density at radius 2 is 1.68 bits per heavy atom. The topological polar surface area (TPSA) is 177 Å². The fourth-order valence-electron chi connectivity index (χ4n) is 4.36. The second-order valence-electron chi connectivity index (χ2n) is 9.78. The standard InChI is InChI=1S/C26H48N4O7/c1-3-4-5-6-7-8-9-10-11-12-13-14-15-16-21(33)20(29-30-27)18-36-26-23(28-19(2)32)25(35)24(34)22(17-31)37-26/h15-16,20-26,31,33-35H,3-14,17-18H2,1-2H3,(H,28,32)/b16-15+/t20-,21+,22?,23?,24+,25?,26+/m0/s1. The molecule has 5 N–H and O–H groups in total. The van der Waals surface area contributed by atoms with Crippen molar-refractivity contribution in [3.05, 3.63) is 22.6 Å². The number of allylic oxidation sites excluding steroid dienone is 1. The molecule has 0 aliphatic carbocycles. The SMILES string of the molecule is CCCCCCCCCCCCC/C=C/[C@@H](O)[C@H](CO[C@@H]1OC(CO)[C@@H](O)C(O)C1NC(C)=O)N=[N+]=[N-]. The zero-order valence-corrected chi connectivity index (χ0v) is 22.5. The Balaban J connectivity index is 2.41. The van der Waals surface area contributed by atoms with E-state index in [-0.39, 0.29) is 6.61 Å². The van der Waals surface area contributed by atoms with Gasteiger partial charge in [0, 0.05) is 11.8 Å². The molecule has 11 heteroatoms. The summed E-state index contributed by atoms with van der Waals surface area (Å²) in [7, 11) is 0. The number of nitrogens with one attached hydrogen (secondary N) is 1. The minimum Gasteiger partial charge on any atom is -0.394 e. The molecule has 0 spiro atoms. The van der Waals surface area contributed by atoms with Crippen LogP contribution in [0, 0.1) is 0 Å². The predicted octanol–water partition coefficient (Wildman–Crippen LogP) is 3.24. The molecule has 0 aromatic rings. The van der Waals surface area contributed by atoms with Gasteiger partial charge in [0.05, 0.1) is 25.4 Å². The van der Waals surface area contributed by atoms with Crippen LogP contribution in [0.1, 0.15) is 90.9 Å². The van der Waals surface area contributed by atoms with Crippen molar-refractivity contribution in [2.75, 3.05) is 13.2 Å². The van der Waals surface area contributed by atoms with Gasteiger partial charge in [0.25, 0.3) is 0 Å². The first-order chi connectivity index (χ1) is 17.8. The van der Waals surface area contributed by atoms with Crippen LogP contribution < -0.4 is 5.32 Å². The summed E-state index contributed by atoms with van der Waals surface area (Å²) in [6.45, 7) is 2.63. The zero-order valence-electron chi connectivity index (χ0n) is 22.5. The third kappa shape index (κ3) is 13.6. The average Bonchev–Trinajstić information content (AvgIpc) is 2.87. The predicted molar refractivity (Wildman–Crippen MR) is 140 cm³/mol. The van der Waals surface area contributed by atoms with Crippen molar-refractivity contribution in [2.45, 2.75) is 134 Å². The number of aliphatic hydroxyl groups excluding tert-OH is 4. The molecule has 1 rings (SSSR count). The number of nitrogens with zero attached hydrogens (tertiary/aromatic N) is 3. The molecule has 37 heavy (non-hydrogen) atoms. The number of ether oxygens (including phenoxy) is 2. The van der Waals surface area contributed by atoms with Crippen LogP contribution in [-0.4, -0.2) is 82.3 Å². The van der Waals surface area contributed by atoms with E-state index in [0.29, 0.717) is 0 Å². The summed E-state index contributed by atoms with van der Waals surface area (Å²) in [4.78, 5) is 14.3. The van der Waals surface area contributed by atoms with Crippen molar-refractivity contribution < 1.29 is 34.7 Å². The summed E-state index contributed by atoms with van der Waals surface area (Å²) in [5.41, 5.74) is 8.91.